The van der Waals surface area contributed by atoms with Crippen LogP contribution in [-0.4, -0.2) is 50.1 Å². The number of hydrogen-bond acceptors (Lipinski definition) is 6. The van der Waals surface area contributed by atoms with Gasteiger partial charge in [0, 0.05) is 56.4 Å². The van der Waals surface area contributed by atoms with Crippen LogP contribution < -0.4 is 10.6 Å². The predicted molar refractivity (Wildman–Crippen MR) is 109 cm³/mol. The molecule has 1 aromatic carbocycles. The summed E-state index contributed by atoms with van der Waals surface area (Å²) >= 11 is 1.63. The molecular weight excluding hydrogens is 382 g/mol. The molecule has 0 aliphatic carbocycles. The van der Waals surface area contributed by atoms with E-state index < -0.39 is 11.6 Å². The maximum Gasteiger partial charge on any atom is 0.161 e. The van der Waals surface area contributed by atoms with Crippen molar-refractivity contribution >= 4 is 33.5 Å². The zero-order valence-electron chi connectivity index (χ0n) is 16.0. The first kappa shape index (κ1) is 19.3. The van der Waals surface area contributed by atoms with Gasteiger partial charge in [0.05, 0.1) is 16.9 Å². The van der Waals surface area contributed by atoms with Crippen molar-refractivity contribution in [2.24, 2.45) is 4.99 Å². The maximum absolute atomic E-state index is 13.9. The van der Waals surface area contributed by atoms with E-state index in [0.717, 1.165) is 48.9 Å². The van der Waals surface area contributed by atoms with Crippen LogP contribution in [0.5, 0.6) is 0 Å². The summed E-state index contributed by atoms with van der Waals surface area (Å²) in [6, 6.07) is 4.78. The van der Waals surface area contributed by atoms with Gasteiger partial charge in [-0.05, 0) is 18.9 Å². The van der Waals surface area contributed by atoms with E-state index in [1.807, 2.05) is 0 Å². The Balaban J connectivity index is 1.75. The van der Waals surface area contributed by atoms with Gasteiger partial charge in [-0.25, -0.2) is 13.8 Å². The van der Waals surface area contributed by atoms with Crippen molar-refractivity contribution in [2.45, 2.75) is 25.8 Å². The van der Waals surface area contributed by atoms with Crippen LogP contribution in [0.1, 0.15) is 23.8 Å². The molecule has 0 bridgehead atoms. The van der Waals surface area contributed by atoms with Crippen LogP contribution in [0.25, 0.3) is 0 Å². The molecule has 2 N–H and O–H groups in total. The summed E-state index contributed by atoms with van der Waals surface area (Å²) in [5.74, 6) is -0.950. The van der Waals surface area contributed by atoms with Gasteiger partial charge in [-0.15, -0.1) is 11.3 Å². The van der Waals surface area contributed by atoms with Crippen LogP contribution in [0, 0.1) is 11.6 Å². The molecule has 0 unspecified atom stereocenters. The molecule has 4 rings (SSSR count). The number of fused-ring (bicyclic) bond motifs is 2. The zero-order valence-corrected chi connectivity index (χ0v) is 16.8. The fourth-order valence-electron chi connectivity index (χ4n) is 3.61. The van der Waals surface area contributed by atoms with Crippen molar-refractivity contribution < 1.29 is 13.5 Å². The minimum Gasteiger partial charge on any atom is -0.385 e. The molecular formula is C20H24F2N4OS. The molecule has 1 saturated heterocycles. The quantitative estimate of drug-likeness (QED) is 0.805. The van der Waals surface area contributed by atoms with Crippen LogP contribution in [0.4, 0.5) is 25.2 Å². The highest BCUT2D eigenvalue weighted by molar-refractivity contribution is 7.16. The highest BCUT2D eigenvalue weighted by Gasteiger charge is 2.28. The highest BCUT2D eigenvalue weighted by atomic mass is 32.1. The molecule has 3 heterocycles. The monoisotopic (exact) mass is 406 g/mol. The van der Waals surface area contributed by atoms with Crippen molar-refractivity contribution in [1.29, 1.82) is 0 Å². The third-order valence-corrected chi connectivity index (χ3v) is 6.31. The molecule has 1 aromatic heterocycles. The fourth-order valence-corrected chi connectivity index (χ4v) is 4.62. The SMILES string of the molecule is CCc1cc2c(s1)Nc1cc(F)c(F)cc1N=C2N1CCN[C@@H](CCOC)C1. The molecule has 1 fully saturated rings. The lowest BCUT2D eigenvalue weighted by molar-refractivity contribution is 0.168. The van der Waals surface area contributed by atoms with E-state index in [9.17, 15) is 8.78 Å². The third-order valence-electron chi connectivity index (χ3n) is 5.11. The Bertz CT molecular complexity index is 899. The van der Waals surface area contributed by atoms with Gasteiger partial charge >= 0.3 is 0 Å². The van der Waals surface area contributed by atoms with Crippen LogP contribution in [-0.2, 0) is 11.2 Å². The number of amidine groups is 1. The lowest BCUT2D eigenvalue weighted by atomic mass is 10.1. The predicted octanol–water partition coefficient (Wildman–Crippen LogP) is 4.03. The molecule has 150 valence electrons. The van der Waals surface area contributed by atoms with Gasteiger partial charge in [0.2, 0.25) is 0 Å². The van der Waals surface area contributed by atoms with Crippen molar-refractivity contribution in [3.8, 4) is 0 Å². The second-order valence-corrected chi connectivity index (χ2v) is 8.17. The topological polar surface area (TPSA) is 48.9 Å². The molecule has 2 aliphatic rings. The van der Waals surface area contributed by atoms with E-state index in [4.69, 9.17) is 9.73 Å². The second-order valence-electron chi connectivity index (χ2n) is 7.03. The minimum atomic E-state index is -0.888. The summed E-state index contributed by atoms with van der Waals surface area (Å²) in [6.45, 7) is 5.23. The molecule has 0 spiro atoms. The largest absolute Gasteiger partial charge is 0.385 e. The first-order valence-electron chi connectivity index (χ1n) is 9.54. The molecule has 2 aliphatic heterocycles. The number of aliphatic imine (C=N–C) groups is 1. The number of nitrogens with one attached hydrogen (secondary N) is 2. The number of piperazine rings is 1. The van der Waals surface area contributed by atoms with Crippen molar-refractivity contribution in [1.82, 2.24) is 10.2 Å². The summed E-state index contributed by atoms with van der Waals surface area (Å²) in [5.41, 5.74) is 1.90. The number of ether oxygens (including phenoxy) is 1. The Labute approximate surface area is 167 Å². The molecule has 2 aromatic rings. The Morgan fingerprint density at radius 3 is 2.89 bits per heavy atom. The van der Waals surface area contributed by atoms with Crippen molar-refractivity contribution in [2.75, 3.05) is 38.7 Å². The lowest BCUT2D eigenvalue weighted by Gasteiger charge is -2.35. The Kier molecular flexibility index (Phi) is 5.61. The number of nitrogens with zero attached hydrogens (tertiary/aromatic N) is 2. The van der Waals surface area contributed by atoms with E-state index in [2.05, 4.69) is 28.5 Å². The summed E-state index contributed by atoms with van der Waals surface area (Å²) in [4.78, 5) is 8.25. The van der Waals surface area contributed by atoms with Crippen LogP contribution >= 0.6 is 11.3 Å². The number of hydrogen-bond donors (Lipinski definition) is 2. The Hall–Kier alpha value is -2.03. The van der Waals surface area contributed by atoms with Gasteiger partial charge in [-0.2, -0.15) is 0 Å². The summed E-state index contributed by atoms with van der Waals surface area (Å²) in [5, 5.41) is 7.71. The van der Waals surface area contributed by atoms with E-state index in [1.54, 1.807) is 18.4 Å². The number of rotatable bonds is 4. The van der Waals surface area contributed by atoms with Crippen molar-refractivity contribution in [3.05, 3.63) is 40.3 Å². The van der Waals surface area contributed by atoms with Crippen LogP contribution in [0.2, 0.25) is 0 Å². The number of halogens is 2. The molecule has 8 heteroatoms. The normalized spacial score (nSPS) is 18.8. The van der Waals surface area contributed by atoms with Gasteiger partial charge < -0.3 is 20.3 Å². The minimum absolute atomic E-state index is 0.296. The maximum atomic E-state index is 13.9. The number of thiophene rings is 1. The average Bonchev–Trinajstić information content (AvgIpc) is 3.04. The highest BCUT2D eigenvalue weighted by Crippen LogP contribution is 2.40. The zero-order chi connectivity index (χ0) is 19.7. The smallest absolute Gasteiger partial charge is 0.161 e. The van der Waals surface area contributed by atoms with E-state index >= 15 is 0 Å². The molecule has 0 saturated carbocycles. The van der Waals surface area contributed by atoms with Gasteiger partial charge in [0.15, 0.2) is 11.6 Å². The van der Waals surface area contributed by atoms with E-state index in [1.165, 1.54) is 17.0 Å². The number of aryl methyl sites for hydroxylation is 1. The van der Waals surface area contributed by atoms with Crippen LogP contribution in [0.3, 0.4) is 0 Å². The lowest BCUT2D eigenvalue weighted by Crippen LogP contribution is -2.53. The number of benzene rings is 1. The van der Waals surface area contributed by atoms with Gasteiger partial charge in [-0.1, -0.05) is 6.92 Å². The Morgan fingerprint density at radius 1 is 1.29 bits per heavy atom. The van der Waals surface area contributed by atoms with E-state index in [0.29, 0.717) is 24.0 Å². The third kappa shape index (κ3) is 3.76. The summed E-state index contributed by atoms with van der Waals surface area (Å²) in [7, 11) is 1.70. The van der Waals surface area contributed by atoms with Gasteiger partial charge in [-0.3, -0.25) is 0 Å². The Morgan fingerprint density at radius 2 is 2.11 bits per heavy atom. The standard InChI is InChI=1S/C20H24F2N4OS/c1-3-13-8-14-19(26-6-5-23-12(11-26)4-7-27-2)24-17-9-15(21)16(22)10-18(17)25-20(14)28-13/h8-10,12,23,25H,3-7,11H2,1-2H3/t12-/m0/s1. The van der Waals surface area contributed by atoms with Gasteiger partial charge in [0.1, 0.15) is 10.8 Å². The molecule has 5 nitrogen and oxygen atoms in total. The van der Waals surface area contributed by atoms with Crippen LogP contribution in [0.15, 0.2) is 23.2 Å². The summed E-state index contributed by atoms with van der Waals surface area (Å²) in [6.07, 6.45) is 1.82. The summed E-state index contributed by atoms with van der Waals surface area (Å²) < 4.78 is 32.9. The van der Waals surface area contributed by atoms with Crippen molar-refractivity contribution in [3.63, 3.8) is 0 Å². The van der Waals surface area contributed by atoms with E-state index in [-0.39, 0.29) is 0 Å². The molecule has 0 amide bonds. The molecule has 28 heavy (non-hydrogen) atoms. The second kappa shape index (κ2) is 8.14. The molecule has 0 radical (unpaired) electrons. The molecule has 1 atom stereocenters. The van der Waals surface area contributed by atoms with Gasteiger partial charge in [0.25, 0.3) is 0 Å². The first-order chi connectivity index (χ1) is 13.6. The number of methoxy groups -OCH3 is 1. The first-order valence-corrected chi connectivity index (χ1v) is 10.4. The fraction of sp³-hybridized carbons (Fsp3) is 0.450. The number of anilines is 2. The average molecular weight is 407 g/mol.